The average molecular weight is 547 g/mol. The van der Waals surface area contributed by atoms with Crippen LogP contribution in [-0.4, -0.2) is 47.7 Å². The van der Waals surface area contributed by atoms with E-state index >= 15 is 0 Å². The molecule has 1 aliphatic rings. The summed E-state index contributed by atoms with van der Waals surface area (Å²) in [6, 6.07) is 5.44. The Kier molecular flexibility index (Phi) is 8.12. The Balaban J connectivity index is 1.91. The number of anilines is 1. The predicted octanol–water partition coefficient (Wildman–Crippen LogP) is 4.04. The molecule has 1 aromatic heterocycles. The standard InChI is InChI=1S/C27H38N4O6S/c1-9-20-23(21(10-2)30(29-20)16-17(3)28-25(34)37-26(4,5)6)38(35,36)19-13-11-18(12-14-19)31-22(32)15-27(7,8)24(31)33/h11-14,17H,9-10,15-16H2,1-8H3,(H,28,34)/t17-/m1/s1. The van der Waals surface area contributed by atoms with E-state index in [9.17, 15) is 22.8 Å². The molecular formula is C27H38N4O6S. The number of amides is 3. The van der Waals surface area contributed by atoms with Gasteiger partial charge in [0.05, 0.1) is 33.9 Å². The number of sulfone groups is 1. The van der Waals surface area contributed by atoms with Crippen molar-refractivity contribution in [2.24, 2.45) is 5.41 Å². The number of benzene rings is 1. The highest BCUT2D eigenvalue weighted by molar-refractivity contribution is 7.91. The maximum absolute atomic E-state index is 13.8. The third-order valence-corrected chi connectivity index (χ3v) is 8.16. The van der Waals surface area contributed by atoms with Crippen molar-refractivity contribution >= 4 is 33.4 Å². The third kappa shape index (κ3) is 5.92. The van der Waals surface area contributed by atoms with E-state index in [0.717, 1.165) is 4.90 Å². The molecule has 11 heteroatoms. The van der Waals surface area contributed by atoms with E-state index in [-0.39, 0.29) is 40.6 Å². The van der Waals surface area contributed by atoms with Crippen LogP contribution in [0.25, 0.3) is 0 Å². The van der Waals surface area contributed by atoms with Gasteiger partial charge in [-0.1, -0.05) is 27.7 Å². The summed E-state index contributed by atoms with van der Waals surface area (Å²) in [4.78, 5) is 38.6. The van der Waals surface area contributed by atoms with Gasteiger partial charge in [0.25, 0.3) is 0 Å². The van der Waals surface area contributed by atoms with Crippen molar-refractivity contribution in [2.45, 2.75) is 103 Å². The summed E-state index contributed by atoms with van der Waals surface area (Å²) in [7, 11) is -3.96. The number of imide groups is 1. The van der Waals surface area contributed by atoms with Gasteiger partial charge in [-0.3, -0.25) is 19.2 Å². The van der Waals surface area contributed by atoms with E-state index in [1.54, 1.807) is 46.2 Å². The van der Waals surface area contributed by atoms with Crippen LogP contribution < -0.4 is 10.2 Å². The minimum atomic E-state index is -3.96. The number of carbonyl (C=O) groups excluding carboxylic acids is 3. The molecule has 0 saturated carbocycles. The number of ether oxygens (including phenoxy) is 1. The van der Waals surface area contributed by atoms with E-state index in [2.05, 4.69) is 10.4 Å². The van der Waals surface area contributed by atoms with Crippen molar-refractivity contribution in [3.05, 3.63) is 35.7 Å². The van der Waals surface area contributed by atoms with Crippen LogP contribution in [0.5, 0.6) is 0 Å². The van der Waals surface area contributed by atoms with Crippen LogP contribution in [0.2, 0.25) is 0 Å². The fraction of sp³-hybridized carbons (Fsp3) is 0.556. The van der Waals surface area contributed by atoms with Gasteiger partial charge in [-0.2, -0.15) is 5.10 Å². The first kappa shape index (κ1) is 29.3. The highest BCUT2D eigenvalue weighted by atomic mass is 32.2. The van der Waals surface area contributed by atoms with Crippen molar-refractivity contribution in [1.82, 2.24) is 15.1 Å². The molecule has 3 rings (SSSR count). The zero-order chi connectivity index (χ0) is 28.6. The average Bonchev–Trinajstić information content (AvgIpc) is 3.25. The lowest BCUT2D eigenvalue weighted by Crippen LogP contribution is -2.40. The van der Waals surface area contributed by atoms with Gasteiger partial charge in [-0.05, 0) is 64.8 Å². The number of nitrogens with one attached hydrogen (secondary N) is 1. The molecule has 0 spiro atoms. The van der Waals surface area contributed by atoms with Gasteiger partial charge in [0.2, 0.25) is 21.7 Å². The maximum atomic E-state index is 13.8. The van der Waals surface area contributed by atoms with E-state index in [4.69, 9.17) is 4.74 Å². The van der Waals surface area contributed by atoms with Crippen molar-refractivity contribution in [1.29, 1.82) is 0 Å². The number of nitrogens with zero attached hydrogens (tertiary/aromatic N) is 3. The van der Waals surface area contributed by atoms with E-state index in [0.29, 0.717) is 29.9 Å². The molecule has 1 fully saturated rings. The highest BCUT2D eigenvalue weighted by Crippen LogP contribution is 2.36. The largest absolute Gasteiger partial charge is 0.444 e. The Bertz CT molecular complexity index is 1340. The van der Waals surface area contributed by atoms with Crippen LogP contribution in [0.3, 0.4) is 0 Å². The lowest BCUT2D eigenvalue weighted by molar-refractivity contribution is -0.124. The Labute approximate surface area is 224 Å². The zero-order valence-electron chi connectivity index (χ0n) is 23.4. The molecule has 1 saturated heterocycles. The van der Waals surface area contributed by atoms with E-state index in [1.165, 1.54) is 24.3 Å². The molecule has 10 nitrogen and oxygen atoms in total. The van der Waals surface area contributed by atoms with Gasteiger partial charge in [0.1, 0.15) is 10.5 Å². The first-order valence-corrected chi connectivity index (χ1v) is 14.3. The molecule has 2 aromatic rings. The summed E-state index contributed by atoms with van der Waals surface area (Å²) in [6.07, 6.45) is 0.348. The molecule has 1 aliphatic heterocycles. The lowest BCUT2D eigenvalue weighted by atomic mass is 9.92. The summed E-state index contributed by atoms with van der Waals surface area (Å²) in [5.74, 6) is -0.623. The zero-order valence-corrected chi connectivity index (χ0v) is 24.2. The Morgan fingerprint density at radius 3 is 2.21 bits per heavy atom. The van der Waals surface area contributed by atoms with Gasteiger partial charge >= 0.3 is 6.09 Å². The summed E-state index contributed by atoms with van der Waals surface area (Å²) < 4.78 is 34.5. The maximum Gasteiger partial charge on any atom is 0.407 e. The van der Waals surface area contributed by atoms with Crippen molar-refractivity contribution in [2.75, 3.05) is 4.90 Å². The number of carbonyl (C=O) groups is 3. The second-order valence-corrected chi connectivity index (χ2v) is 13.1. The van der Waals surface area contributed by atoms with Gasteiger partial charge in [0.15, 0.2) is 0 Å². The second kappa shape index (κ2) is 10.5. The first-order valence-electron chi connectivity index (χ1n) is 12.8. The fourth-order valence-corrected chi connectivity index (χ4v) is 6.27. The summed E-state index contributed by atoms with van der Waals surface area (Å²) in [6.45, 7) is 14.5. The molecule has 0 unspecified atom stereocenters. The van der Waals surface area contributed by atoms with Crippen molar-refractivity contribution in [3.8, 4) is 0 Å². The molecule has 1 aromatic carbocycles. The van der Waals surface area contributed by atoms with Gasteiger partial charge in [0, 0.05) is 12.5 Å². The van der Waals surface area contributed by atoms with Crippen LogP contribution in [0.4, 0.5) is 10.5 Å². The topological polar surface area (TPSA) is 128 Å². The smallest absolute Gasteiger partial charge is 0.407 e. The minimum Gasteiger partial charge on any atom is -0.444 e. The SMILES string of the molecule is CCc1nn(C[C@@H](C)NC(=O)OC(C)(C)C)c(CC)c1S(=O)(=O)c1ccc(N2C(=O)CC(C)(C)C2=O)cc1. The fourth-order valence-electron chi connectivity index (χ4n) is 4.49. The van der Waals surface area contributed by atoms with Crippen LogP contribution >= 0.6 is 0 Å². The quantitative estimate of drug-likeness (QED) is 0.495. The monoisotopic (exact) mass is 546 g/mol. The van der Waals surface area contributed by atoms with Crippen LogP contribution in [0, 0.1) is 5.41 Å². The summed E-state index contributed by atoms with van der Waals surface area (Å²) >= 11 is 0. The number of rotatable bonds is 8. The first-order chi connectivity index (χ1) is 17.5. The van der Waals surface area contributed by atoms with E-state index < -0.39 is 26.9 Å². The number of hydrogen-bond donors (Lipinski definition) is 1. The molecule has 0 aliphatic carbocycles. The van der Waals surface area contributed by atoms with Crippen molar-refractivity contribution in [3.63, 3.8) is 0 Å². The summed E-state index contributed by atoms with van der Waals surface area (Å²) in [5, 5.41) is 7.35. The summed E-state index contributed by atoms with van der Waals surface area (Å²) in [5.41, 5.74) is -0.120. The number of aromatic nitrogens is 2. The molecule has 38 heavy (non-hydrogen) atoms. The number of aryl methyl sites for hydroxylation is 1. The van der Waals surface area contributed by atoms with Gasteiger partial charge < -0.3 is 10.1 Å². The van der Waals surface area contributed by atoms with Gasteiger partial charge in [-0.15, -0.1) is 0 Å². The molecule has 208 valence electrons. The molecule has 3 amide bonds. The number of alkyl carbamates (subject to hydrolysis) is 1. The Morgan fingerprint density at radius 2 is 1.74 bits per heavy atom. The minimum absolute atomic E-state index is 0.0449. The number of hydrogen-bond acceptors (Lipinski definition) is 7. The lowest BCUT2D eigenvalue weighted by Gasteiger charge is -2.22. The molecule has 2 heterocycles. The Hall–Kier alpha value is -3.21. The van der Waals surface area contributed by atoms with Crippen LogP contribution in [-0.2, 0) is 43.5 Å². The molecule has 1 N–H and O–H groups in total. The Morgan fingerprint density at radius 1 is 1.13 bits per heavy atom. The second-order valence-electron chi connectivity index (χ2n) is 11.3. The molecule has 1 atom stereocenters. The third-order valence-electron chi connectivity index (χ3n) is 6.26. The highest BCUT2D eigenvalue weighted by Gasteiger charge is 2.45. The van der Waals surface area contributed by atoms with Crippen LogP contribution in [0.15, 0.2) is 34.1 Å². The van der Waals surface area contributed by atoms with Crippen LogP contribution in [0.1, 0.15) is 73.2 Å². The predicted molar refractivity (Wildman–Crippen MR) is 143 cm³/mol. The van der Waals surface area contributed by atoms with E-state index in [1.807, 2.05) is 13.8 Å². The molecule has 0 bridgehead atoms. The molecular weight excluding hydrogens is 508 g/mol. The normalized spacial score (nSPS) is 16.6. The van der Waals surface area contributed by atoms with Crippen molar-refractivity contribution < 1.29 is 27.5 Å². The van der Waals surface area contributed by atoms with Gasteiger partial charge in [-0.25, -0.2) is 13.2 Å². The molecule has 0 radical (unpaired) electrons.